The molecule has 2 rings (SSSR count). The Hall–Kier alpha value is -1.46. The number of nitrogens with one attached hydrogen (secondary N) is 1. The summed E-state index contributed by atoms with van der Waals surface area (Å²) in [5.41, 5.74) is 0.220. The zero-order chi connectivity index (χ0) is 18.6. The predicted molar refractivity (Wildman–Crippen MR) is 98.8 cm³/mol. The molecular weight excluding hydrogens is 363 g/mol. The first-order valence-corrected chi connectivity index (χ1v) is 9.11. The van der Waals surface area contributed by atoms with Crippen molar-refractivity contribution in [2.75, 3.05) is 13.1 Å². The zero-order valence-corrected chi connectivity index (χ0v) is 16.3. The molecule has 1 aliphatic rings. The maximum absolute atomic E-state index is 12.5. The highest BCUT2D eigenvalue weighted by atomic mass is 35.5. The minimum Gasteiger partial charge on any atom is -0.444 e. The van der Waals surface area contributed by atoms with Crippen LogP contribution in [-0.2, 0) is 16.1 Å². The Morgan fingerprint density at radius 3 is 2.72 bits per heavy atom. The second-order valence-corrected chi connectivity index (χ2v) is 8.06. The summed E-state index contributed by atoms with van der Waals surface area (Å²) in [4.78, 5) is 26.2. The summed E-state index contributed by atoms with van der Waals surface area (Å²) in [5.74, 6) is -0.344. The molecule has 7 heteroatoms. The molecule has 1 heterocycles. The molecule has 0 spiro atoms. The molecule has 1 aromatic rings. The number of piperidine rings is 1. The van der Waals surface area contributed by atoms with E-state index in [4.69, 9.17) is 27.9 Å². The van der Waals surface area contributed by atoms with Gasteiger partial charge in [-0.25, -0.2) is 4.79 Å². The van der Waals surface area contributed by atoms with Crippen LogP contribution in [0.5, 0.6) is 0 Å². The quantitative estimate of drug-likeness (QED) is 0.843. The van der Waals surface area contributed by atoms with Gasteiger partial charge in [0, 0.05) is 29.7 Å². The van der Waals surface area contributed by atoms with Crippen LogP contribution in [0, 0.1) is 5.92 Å². The molecule has 1 unspecified atom stereocenters. The Morgan fingerprint density at radius 2 is 2.04 bits per heavy atom. The number of benzene rings is 1. The smallest absolute Gasteiger partial charge is 0.410 e. The van der Waals surface area contributed by atoms with Gasteiger partial charge < -0.3 is 15.0 Å². The van der Waals surface area contributed by atoms with Gasteiger partial charge >= 0.3 is 6.09 Å². The molecule has 138 valence electrons. The Morgan fingerprint density at radius 1 is 1.32 bits per heavy atom. The van der Waals surface area contributed by atoms with Gasteiger partial charge in [-0.1, -0.05) is 23.2 Å². The number of hydrogen-bond acceptors (Lipinski definition) is 3. The van der Waals surface area contributed by atoms with Crippen LogP contribution in [0.25, 0.3) is 0 Å². The molecule has 1 aromatic carbocycles. The molecule has 25 heavy (non-hydrogen) atoms. The lowest BCUT2D eigenvalue weighted by Gasteiger charge is -2.33. The highest BCUT2D eigenvalue weighted by molar-refractivity contribution is 6.33. The number of halogens is 2. The molecule has 0 saturated carbocycles. The number of amides is 2. The summed E-state index contributed by atoms with van der Waals surface area (Å²) in [7, 11) is 0. The highest BCUT2D eigenvalue weighted by Crippen LogP contribution is 2.22. The summed E-state index contributed by atoms with van der Waals surface area (Å²) in [6.45, 7) is 6.76. The average Bonchev–Trinajstić information content (AvgIpc) is 2.54. The maximum Gasteiger partial charge on any atom is 0.410 e. The van der Waals surface area contributed by atoms with Crippen molar-refractivity contribution >= 4 is 35.2 Å². The third kappa shape index (κ3) is 6.08. The second kappa shape index (κ2) is 8.28. The fraction of sp³-hybridized carbons (Fsp3) is 0.556. The van der Waals surface area contributed by atoms with E-state index in [-0.39, 0.29) is 17.9 Å². The molecule has 0 radical (unpaired) electrons. The van der Waals surface area contributed by atoms with E-state index in [1.807, 2.05) is 20.8 Å². The van der Waals surface area contributed by atoms with Gasteiger partial charge in [-0.2, -0.15) is 0 Å². The van der Waals surface area contributed by atoms with E-state index in [1.165, 1.54) is 0 Å². The summed E-state index contributed by atoms with van der Waals surface area (Å²) in [5, 5.41) is 4.01. The van der Waals surface area contributed by atoms with E-state index in [9.17, 15) is 9.59 Å². The lowest BCUT2D eigenvalue weighted by atomic mass is 9.97. The third-order valence-electron chi connectivity index (χ3n) is 3.90. The van der Waals surface area contributed by atoms with Crippen LogP contribution < -0.4 is 5.32 Å². The molecular formula is C18H24Cl2N2O3. The third-order valence-corrected chi connectivity index (χ3v) is 4.51. The van der Waals surface area contributed by atoms with E-state index in [0.717, 1.165) is 18.4 Å². The van der Waals surface area contributed by atoms with Gasteiger partial charge in [-0.3, -0.25) is 4.79 Å². The fourth-order valence-corrected chi connectivity index (χ4v) is 3.07. The molecule has 2 amide bonds. The zero-order valence-electron chi connectivity index (χ0n) is 14.8. The van der Waals surface area contributed by atoms with Gasteiger partial charge in [0.15, 0.2) is 0 Å². The molecule has 0 aliphatic carbocycles. The van der Waals surface area contributed by atoms with Crippen molar-refractivity contribution in [3.8, 4) is 0 Å². The lowest BCUT2D eigenvalue weighted by Crippen LogP contribution is -2.46. The van der Waals surface area contributed by atoms with E-state index >= 15 is 0 Å². The number of carbonyl (C=O) groups excluding carboxylic acids is 2. The Balaban J connectivity index is 1.91. The van der Waals surface area contributed by atoms with Crippen molar-refractivity contribution in [2.45, 2.75) is 45.8 Å². The minimum absolute atomic E-state index is 0.0932. The second-order valence-electron chi connectivity index (χ2n) is 7.22. The maximum atomic E-state index is 12.5. The molecule has 1 fully saturated rings. The Labute approximate surface area is 158 Å². The van der Waals surface area contributed by atoms with Crippen LogP contribution in [0.15, 0.2) is 18.2 Å². The van der Waals surface area contributed by atoms with Crippen molar-refractivity contribution in [1.29, 1.82) is 0 Å². The van der Waals surface area contributed by atoms with Gasteiger partial charge in [0.1, 0.15) is 5.60 Å². The predicted octanol–water partition coefficient (Wildman–Crippen LogP) is 4.26. The molecule has 0 bridgehead atoms. The van der Waals surface area contributed by atoms with E-state index in [2.05, 4.69) is 5.32 Å². The summed E-state index contributed by atoms with van der Waals surface area (Å²) < 4.78 is 5.39. The van der Waals surface area contributed by atoms with E-state index in [0.29, 0.717) is 29.7 Å². The normalized spacial score (nSPS) is 18.0. The van der Waals surface area contributed by atoms with Crippen LogP contribution in [0.2, 0.25) is 10.0 Å². The number of rotatable bonds is 3. The summed E-state index contributed by atoms with van der Waals surface area (Å²) >= 11 is 12.1. The highest BCUT2D eigenvalue weighted by Gasteiger charge is 2.30. The van der Waals surface area contributed by atoms with Crippen LogP contribution in [-0.4, -0.2) is 35.6 Å². The van der Waals surface area contributed by atoms with Gasteiger partial charge in [0.25, 0.3) is 0 Å². The molecule has 1 atom stereocenters. The number of ether oxygens (including phenoxy) is 1. The molecule has 1 saturated heterocycles. The van der Waals surface area contributed by atoms with Crippen LogP contribution in [0.3, 0.4) is 0 Å². The Kier molecular flexibility index (Phi) is 6.58. The van der Waals surface area contributed by atoms with Crippen molar-refractivity contribution in [3.63, 3.8) is 0 Å². The summed E-state index contributed by atoms with van der Waals surface area (Å²) in [6, 6.07) is 5.14. The van der Waals surface area contributed by atoms with Gasteiger partial charge in [-0.15, -0.1) is 0 Å². The van der Waals surface area contributed by atoms with Gasteiger partial charge in [0.2, 0.25) is 5.91 Å². The van der Waals surface area contributed by atoms with Crippen molar-refractivity contribution in [1.82, 2.24) is 10.2 Å². The standard InChI is InChI=1S/C18H24Cl2N2O3/c1-18(2,3)25-17(24)22-8-4-5-12(11-22)16(23)21-10-13-9-14(19)6-7-15(13)20/h6-7,9,12H,4-5,8,10-11H2,1-3H3,(H,21,23). The summed E-state index contributed by atoms with van der Waals surface area (Å²) in [6.07, 6.45) is 1.15. The van der Waals surface area contributed by atoms with Crippen LogP contribution >= 0.6 is 23.2 Å². The molecule has 1 aliphatic heterocycles. The fourth-order valence-electron chi connectivity index (χ4n) is 2.69. The van der Waals surface area contributed by atoms with Crippen molar-refractivity contribution < 1.29 is 14.3 Å². The minimum atomic E-state index is -0.546. The van der Waals surface area contributed by atoms with Gasteiger partial charge in [0.05, 0.1) is 5.92 Å². The molecule has 5 nitrogen and oxygen atoms in total. The largest absolute Gasteiger partial charge is 0.444 e. The van der Waals surface area contributed by atoms with E-state index < -0.39 is 5.60 Å². The number of likely N-dealkylation sites (tertiary alicyclic amines) is 1. The first kappa shape index (κ1) is 19.9. The molecule has 0 aromatic heterocycles. The SMILES string of the molecule is CC(C)(C)OC(=O)N1CCCC(C(=O)NCc2cc(Cl)ccc2Cl)C1. The number of carbonyl (C=O) groups is 2. The monoisotopic (exact) mass is 386 g/mol. The van der Waals surface area contributed by atoms with Crippen LogP contribution in [0.4, 0.5) is 4.79 Å². The first-order valence-electron chi connectivity index (χ1n) is 8.35. The lowest BCUT2D eigenvalue weighted by molar-refractivity contribution is -0.126. The Bertz CT molecular complexity index is 644. The average molecular weight is 387 g/mol. The molecule has 1 N–H and O–H groups in total. The van der Waals surface area contributed by atoms with Crippen LogP contribution in [0.1, 0.15) is 39.2 Å². The first-order chi connectivity index (χ1) is 11.7. The number of nitrogens with zero attached hydrogens (tertiary/aromatic N) is 1. The number of hydrogen-bond donors (Lipinski definition) is 1. The van der Waals surface area contributed by atoms with Crippen molar-refractivity contribution in [3.05, 3.63) is 33.8 Å². The van der Waals surface area contributed by atoms with Crippen molar-refractivity contribution in [2.24, 2.45) is 5.92 Å². The van der Waals surface area contributed by atoms with E-state index in [1.54, 1.807) is 23.1 Å². The van der Waals surface area contributed by atoms with Gasteiger partial charge in [-0.05, 0) is 57.4 Å². The topological polar surface area (TPSA) is 58.6 Å².